The highest BCUT2D eigenvalue weighted by Gasteiger charge is 2.30. The fourth-order valence-corrected chi connectivity index (χ4v) is 5.17. The van der Waals surface area contributed by atoms with Gasteiger partial charge in [0.15, 0.2) is 28.9 Å². The van der Waals surface area contributed by atoms with Crippen molar-refractivity contribution >= 4 is 37.6 Å². The van der Waals surface area contributed by atoms with E-state index in [9.17, 15) is 21.9 Å². The number of aromatic hydroxyl groups is 1. The molecule has 0 spiro atoms. The molecule has 4 rings (SSSR count). The first kappa shape index (κ1) is 23.8. The second-order valence-electron chi connectivity index (χ2n) is 7.60. The zero-order chi connectivity index (χ0) is 24.7. The number of rotatable bonds is 6. The van der Waals surface area contributed by atoms with Crippen molar-refractivity contribution < 1.29 is 31.4 Å². The minimum absolute atomic E-state index is 0.0515. The maximum Gasteiger partial charge on any atom is 0.345 e. The number of phenolic OH excluding ortho intramolecular Hbond substituents is 1. The Morgan fingerprint density at radius 2 is 1.97 bits per heavy atom. The Morgan fingerprint density at radius 1 is 1.24 bits per heavy atom. The van der Waals surface area contributed by atoms with E-state index in [1.807, 2.05) is 6.92 Å². The molecule has 0 unspecified atom stereocenters. The molecule has 1 atom stereocenters. The molecule has 0 bridgehead atoms. The number of nitrogens with zero attached hydrogens (tertiary/aromatic N) is 3. The Bertz CT molecular complexity index is 1400. The summed E-state index contributed by atoms with van der Waals surface area (Å²) in [4.78, 5) is 4.18. The number of fused-ring (bicyclic) bond motifs is 1. The van der Waals surface area contributed by atoms with Crippen molar-refractivity contribution in [2.45, 2.75) is 24.3 Å². The van der Waals surface area contributed by atoms with Gasteiger partial charge < -0.3 is 19.9 Å². The quantitative estimate of drug-likeness (QED) is 0.495. The molecule has 182 valence electrons. The first-order valence-electron chi connectivity index (χ1n) is 10.1. The van der Waals surface area contributed by atoms with Crippen LogP contribution in [0.25, 0.3) is 0 Å². The summed E-state index contributed by atoms with van der Waals surface area (Å²) in [5, 5.41) is 13.3. The van der Waals surface area contributed by atoms with Crippen LogP contribution in [0.2, 0.25) is 0 Å². The summed E-state index contributed by atoms with van der Waals surface area (Å²) in [6.45, 7) is 2.01. The van der Waals surface area contributed by atoms with Crippen LogP contribution in [0.5, 0.6) is 17.2 Å². The number of aliphatic imine (C=N–C) groups is 1. The number of hydrogen-bond donors (Lipinski definition) is 3. The van der Waals surface area contributed by atoms with Crippen LogP contribution in [-0.2, 0) is 20.2 Å². The van der Waals surface area contributed by atoms with Crippen molar-refractivity contribution in [3.63, 3.8) is 0 Å². The van der Waals surface area contributed by atoms with E-state index >= 15 is 0 Å². The van der Waals surface area contributed by atoms with E-state index in [4.69, 9.17) is 9.47 Å². The summed E-state index contributed by atoms with van der Waals surface area (Å²) in [7, 11) is -5.37. The predicted molar refractivity (Wildman–Crippen MR) is 125 cm³/mol. The summed E-state index contributed by atoms with van der Waals surface area (Å²) < 4.78 is 66.9. The van der Waals surface area contributed by atoms with E-state index in [0.29, 0.717) is 17.9 Å². The van der Waals surface area contributed by atoms with Crippen molar-refractivity contribution in [1.29, 1.82) is 0 Å². The van der Waals surface area contributed by atoms with E-state index in [1.165, 1.54) is 32.3 Å². The molecule has 0 saturated carbocycles. The Morgan fingerprint density at radius 3 is 2.68 bits per heavy atom. The molecule has 0 radical (unpaired) electrons. The largest absolute Gasteiger partial charge is 0.504 e. The van der Waals surface area contributed by atoms with E-state index in [0.717, 1.165) is 9.87 Å². The third-order valence-corrected chi connectivity index (χ3v) is 7.85. The Kier molecular flexibility index (Phi) is 6.14. The van der Waals surface area contributed by atoms with Gasteiger partial charge >= 0.3 is 10.2 Å². The lowest BCUT2D eigenvalue weighted by atomic mass is 10.0. The second-order valence-corrected chi connectivity index (χ2v) is 11.1. The molecule has 2 aromatic carbocycles. The Labute approximate surface area is 197 Å². The molecule has 0 fully saturated rings. The number of sulfonamides is 1. The van der Waals surface area contributed by atoms with Gasteiger partial charge in [-0.15, -0.1) is 4.40 Å². The third kappa shape index (κ3) is 4.51. The van der Waals surface area contributed by atoms with Crippen molar-refractivity contribution in [2.75, 3.05) is 26.2 Å². The summed E-state index contributed by atoms with van der Waals surface area (Å²) in [5.41, 5.74) is 0.719. The monoisotopic (exact) mass is 509 g/mol. The van der Waals surface area contributed by atoms with E-state index in [1.54, 1.807) is 18.2 Å². The van der Waals surface area contributed by atoms with Crippen LogP contribution in [0.4, 0.5) is 5.69 Å². The van der Waals surface area contributed by atoms with Crippen LogP contribution in [0.15, 0.2) is 50.7 Å². The molecular formula is C20H23N5O7S2. The van der Waals surface area contributed by atoms with Crippen LogP contribution < -0.4 is 19.5 Å². The van der Waals surface area contributed by atoms with Crippen molar-refractivity contribution in [3.05, 3.63) is 42.0 Å². The predicted octanol–water partition coefficient (Wildman–Crippen LogP) is 1.58. The number of hydrogen-bond acceptors (Lipinski definition) is 9. The van der Waals surface area contributed by atoms with E-state index in [-0.39, 0.29) is 29.0 Å². The molecule has 34 heavy (non-hydrogen) atoms. The molecular weight excluding hydrogens is 486 g/mol. The highest BCUT2D eigenvalue weighted by Crippen LogP contribution is 2.36. The van der Waals surface area contributed by atoms with Crippen molar-refractivity contribution in [3.8, 4) is 17.2 Å². The normalized spacial score (nSPS) is 18.6. The molecule has 2 aliphatic heterocycles. The van der Waals surface area contributed by atoms with Gasteiger partial charge in [-0.2, -0.15) is 8.42 Å². The number of phenols is 1. The van der Waals surface area contributed by atoms with Crippen molar-refractivity contribution in [1.82, 2.24) is 9.03 Å². The van der Waals surface area contributed by atoms with Crippen LogP contribution in [0.1, 0.15) is 24.9 Å². The number of anilines is 1. The zero-order valence-corrected chi connectivity index (χ0v) is 20.1. The number of para-hydroxylation sites is 1. The number of benzene rings is 2. The minimum Gasteiger partial charge on any atom is -0.504 e. The van der Waals surface area contributed by atoms with Crippen LogP contribution in [0, 0.1) is 0 Å². The van der Waals surface area contributed by atoms with Gasteiger partial charge in [-0.25, -0.2) is 17.4 Å². The summed E-state index contributed by atoms with van der Waals surface area (Å²) in [6, 6.07) is 8.92. The molecule has 2 aliphatic rings. The number of nitrogens with one attached hydrogen (secondary N) is 2. The summed E-state index contributed by atoms with van der Waals surface area (Å²) in [5.74, 6) is 0.336. The summed E-state index contributed by atoms with van der Waals surface area (Å²) in [6.07, 6.45) is 0.528. The number of amidine groups is 2. The van der Waals surface area contributed by atoms with Crippen LogP contribution in [-0.4, -0.2) is 58.8 Å². The summed E-state index contributed by atoms with van der Waals surface area (Å²) >= 11 is 0. The molecule has 3 N–H and O–H groups in total. The molecule has 12 nitrogen and oxygen atoms in total. The second kappa shape index (κ2) is 8.77. The molecule has 2 heterocycles. The van der Waals surface area contributed by atoms with Gasteiger partial charge in [-0.3, -0.25) is 4.99 Å². The molecule has 2 aromatic rings. The van der Waals surface area contributed by atoms with Gasteiger partial charge in [0, 0.05) is 14.1 Å². The molecule has 0 saturated heterocycles. The molecule has 0 aliphatic carbocycles. The molecule has 0 amide bonds. The van der Waals surface area contributed by atoms with Gasteiger partial charge in [0.25, 0.3) is 0 Å². The first-order valence-corrected chi connectivity index (χ1v) is 13.0. The lowest BCUT2D eigenvalue weighted by Gasteiger charge is -2.16. The van der Waals surface area contributed by atoms with Gasteiger partial charge in [0.1, 0.15) is 4.90 Å². The van der Waals surface area contributed by atoms with Gasteiger partial charge in [-0.05, 0) is 36.2 Å². The lowest BCUT2D eigenvalue weighted by Crippen LogP contribution is -2.31. The maximum absolute atomic E-state index is 12.5. The van der Waals surface area contributed by atoms with Crippen molar-refractivity contribution in [2.24, 2.45) is 9.39 Å². The average molecular weight is 510 g/mol. The highest BCUT2D eigenvalue weighted by molar-refractivity contribution is 7.89. The van der Waals surface area contributed by atoms with Gasteiger partial charge in [0.2, 0.25) is 16.8 Å². The molecule has 14 heteroatoms. The topological polar surface area (TPSA) is 159 Å². The fraction of sp³-hybridized carbons (Fsp3) is 0.300. The Balaban J connectivity index is 1.68. The minimum atomic E-state index is -4.08. The third-order valence-electron chi connectivity index (χ3n) is 5.13. The van der Waals surface area contributed by atoms with Gasteiger partial charge in [-0.1, -0.05) is 19.1 Å². The smallest absolute Gasteiger partial charge is 0.345 e. The first-order chi connectivity index (χ1) is 16.0. The molecule has 0 aromatic heterocycles. The zero-order valence-electron chi connectivity index (χ0n) is 18.5. The lowest BCUT2D eigenvalue weighted by molar-refractivity contribution is 0.174. The standard InChI is InChI=1S/C20H23N5O7S2/c1-4-13(12-8-9-15-16(10-12)32-11-31-15)21-19-20(24-34(29,30)23-19)22-14-6-5-7-17(18(14)26)33(27,28)25(2)3/h5-10,13,26H,4,11H2,1-3H3,(H,21,23)(H,22,24)/t13-/m1/s1. The van der Waals surface area contributed by atoms with Gasteiger partial charge in [0.05, 0.1) is 11.7 Å². The Hall–Kier alpha value is -3.36. The fourth-order valence-electron chi connectivity index (χ4n) is 3.36. The average Bonchev–Trinajstić information content (AvgIpc) is 3.35. The van der Waals surface area contributed by atoms with E-state index < -0.39 is 32.0 Å². The SMILES string of the molecule is CC[C@@H](N=C1NS(=O)(=O)N=C1Nc1cccc(S(=O)(=O)N(C)C)c1O)c1ccc2c(c1)OCO2. The highest BCUT2D eigenvalue weighted by atomic mass is 32.2. The maximum atomic E-state index is 12.5. The van der Waals surface area contributed by atoms with Crippen LogP contribution >= 0.6 is 0 Å². The van der Waals surface area contributed by atoms with Crippen LogP contribution in [0.3, 0.4) is 0 Å². The van der Waals surface area contributed by atoms with E-state index in [2.05, 4.69) is 19.4 Å². The number of ether oxygens (including phenoxy) is 2.